The lowest BCUT2D eigenvalue weighted by Gasteiger charge is -2.15. The highest BCUT2D eigenvalue weighted by molar-refractivity contribution is 6.00. The summed E-state index contributed by atoms with van der Waals surface area (Å²) in [6, 6.07) is 11.6. The molecule has 0 atom stereocenters. The van der Waals surface area contributed by atoms with Gasteiger partial charge < -0.3 is 16.0 Å². The van der Waals surface area contributed by atoms with Crippen LogP contribution in [-0.4, -0.2) is 29.2 Å². The molecule has 198 valence electrons. The van der Waals surface area contributed by atoms with Gasteiger partial charge >= 0.3 is 18.4 Å². The molecule has 3 aromatic carbocycles. The van der Waals surface area contributed by atoms with Gasteiger partial charge in [0, 0.05) is 23.8 Å². The molecule has 38 heavy (non-hydrogen) atoms. The molecule has 0 radical (unpaired) electrons. The second kappa shape index (κ2) is 10.1. The van der Waals surface area contributed by atoms with Crippen molar-refractivity contribution in [1.82, 2.24) is 15.5 Å². The molecule has 0 saturated carbocycles. The van der Waals surface area contributed by atoms with E-state index in [2.05, 4.69) is 20.8 Å². The molecule has 0 aliphatic heterocycles. The van der Waals surface area contributed by atoms with Gasteiger partial charge in [-0.2, -0.15) is 31.4 Å². The molecule has 4 aromatic rings. The van der Waals surface area contributed by atoms with E-state index in [4.69, 9.17) is 0 Å². The normalized spacial score (nSPS) is 11.9. The van der Waals surface area contributed by atoms with Crippen LogP contribution in [0.15, 0.2) is 60.7 Å². The van der Waals surface area contributed by atoms with Gasteiger partial charge in [-0.25, -0.2) is 4.79 Å². The first-order valence-corrected chi connectivity index (χ1v) is 11.0. The predicted molar refractivity (Wildman–Crippen MR) is 128 cm³/mol. The van der Waals surface area contributed by atoms with Crippen LogP contribution in [0.1, 0.15) is 16.8 Å². The fourth-order valence-electron chi connectivity index (χ4n) is 3.70. The lowest BCUT2D eigenvalue weighted by Crippen LogP contribution is -2.20. The Balaban J connectivity index is 1.47. The van der Waals surface area contributed by atoms with Crippen LogP contribution in [0.25, 0.3) is 22.0 Å². The molecule has 0 fully saturated rings. The number of benzene rings is 3. The summed E-state index contributed by atoms with van der Waals surface area (Å²) in [5.74, 6) is -0.166. The number of fused-ring (bicyclic) bond motifs is 1. The van der Waals surface area contributed by atoms with E-state index in [1.54, 1.807) is 18.2 Å². The zero-order valence-electron chi connectivity index (χ0n) is 19.5. The van der Waals surface area contributed by atoms with Gasteiger partial charge in [0.2, 0.25) is 5.91 Å². The number of carbonyl (C=O) groups is 2. The van der Waals surface area contributed by atoms with Crippen LogP contribution in [-0.2, 0) is 23.6 Å². The SMILES string of the molecule is CNC(=O)Cc1[nH]nc2cc(-c3ccc(NC(=O)Nc4cc(C(F)(F)F)cc(C(F)(F)F)c4)cc3)ccc12. The third-order valence-corrected chi connectivity index (χ3v) is 5.57. The Kier molecular flexibility index (Phi) is 7.03. The lowest BCUT2D eigenvalue weighted by atomic mass is 10.0. The van der Waals surface area contributed by atoms with E-state index in [0.717, 1.165) is 16.5 Å². The van der Waals surface area contributed by atoms with Crippen molar-refractivity contribution in [2.45, 2.75) is 18.8 Å². The molecule has 4 rings (SSSR count). The topological polar surface area (TPSA) is 98.9 Å². The number of amides is 3. The molecule has 0 unspecified atom stereocenters. The number of nitrogens with one attached hydrogen (secondary N) is 4. The standard InChI is InChI=1S/C25H19F6N5O2/c1-32-22(37)12-21-19-7-4-14(8-20(19)35-36-21)13-2-5-17(6-3-13)33-23(38)34-18-10-15(24(26,27)28)9-16(11-18)25(29,30)31/h2-11H,12H2,1H3,(H,32,37)(H,35,36)(H2,33,34,38). The van der Waals surface area contributed by atoms with E-state index >= 15 is 0 Å². The number of hydrogen-bond acceptors (Lipinski definition) is 3. The van der Waals surface area contributed by atoms with Crippen molar-refractivity contribution in [2.24, 2.45) is 0 Å². The number of likely N-dealkylation sites (N-methyl/N-ethyl adjacent to an activating group) is 1. The first-order chi connectivity index (χ1) is 17.8. The summed E-state index contributed by atoms with van der Waals surface area (Å²) >= 11 is 0. The number of aromatic amines is 1. The highest BCUT2D eigenvalue weighted by Crippen LogP contribution is 2.37. The molecule has 0 bridgehead atoms. The summed E-state index contributed by atoms with van der Waals surface area (Å²) < 4.78 is 78.2. The smallest absolute Gasteiger partial charge is 0.359 e. The summed E-state index contributed by atoms with van der Waals surface area (Å²) in [6.45, 7) is 0. The number of alkyl halides is 6. The number of H-pyrrole nitrogens is 1. The molecule has 1 aromatic heterocycles. The van der Waals surface area contributed by atoms with Crippen molar-refractivity contribution < 1.29 is 35.9 Å². The number of halogens is 6. The molecule has 0 spiro atoms. The fraction of sp³-hybridized carbons (Fsp3) is 0.160. The van der Waals surface area contributed by atoms with Gasteiger partial charge in [0.1, 0.15) is 0 Å². The molecule has 13 heteroatoms. The maximum Gasteiger partial charge on any atom is 0.416 e. The van der Waals surface area contributed by atoms with Crippen LogP contribution in [0.3, 0.4) is 0 Å². The Morgan fingerprint density at radius 3 is 1.95 bits per heavy atom. The molecule has 3 amide bonds. The van der Waals surface area contributed by atoms with E-state index in [9.17, 15) is 35.9 Å². The van der Waals surface area contributed by atoms with E-state index in [0.29, 0.717) is 23.3 Å². The molecular weight excluding hydrogens is 516 g/mol. The number of anilines is 2. The van der Waals surface area contributed by atoms with Crippen molar-refractivity contribution in [3.8, 4) is 11.1 Å². The van der Waals surface area contributed by atoms with Gasteiger partial charge in [-0.15, -0.1) is 0 Å². The number of rotatable bonds is 5. The third kappa shape index (κ3) is 6.05. The van der Waals surface area contributed by atoms with Crippen LogP contribution in [0, 0.1) is 0 Å². The predicted octanol–water partition coefficient (Wildman–Crippen LogP) is 6.20. The molecule has 0 aliphatic rings. The number of hydrogen-bond donors (Lipinski definition) is 4. The second-order valence-electron chi connectivity index (χ2n) is 8.24. The first kappa shape index (κ1) is 26.5. The van der Waals surface area contributed by atoms with Gasteiger partial charge in [-0.05, 0) is 47.5 Å². The number of nitrogens with zero attached hydrogens (tertiary/aromatic N) is 1. The highest BCUT2D eigenvalue weighted by atomic mass is 19.4. The van der Waals surface area contributed by atoms with E-state index in [-0.39, 0.29) is 24.1 Å². The largest absolute Gasteiger partial charge is 0.416 e. The third-order valence-electron chi connectivity index (χ3n) is 5.57. The molecule has 1 heterocycles. The van der Waals surface area contributed by atoms with Gasteiger partial charge in [0.25, 0.3) is 0 Å². The highest BCUT2D eigenvalue weighted by Gasteiger charge is 2.37. The quantitative estimate of drug-likeness (QED) is 0.229. The number of urea groups is 1. The number of aromatic nitrogens is 2. The fourth-order valence-corrected chi connectivity index (χ4v) is 3.70. The van der Waals surface area contributed by atoms with Crippen molar-refractivity contribution in [3.63, 3.8) is 0 Å². The van der Waals surface area contributed by atoms with Crippen molar-refractivity contribution in [3.05, 3.63) is 77.5 Å². The maximum absolute atomic E-state index is 13.0. The second-order valence-corrected chi connectivity index (χ2v) is 8.24. The Labute approximate surface area is 211 Å². The molecular formula is C25H19F6N5O2. The van der Waals surface area contributed by atoms with Gasteiger partial charge in [-0.3, -0.25) is 9.89 Å². The van der Waals surface area contributed by atoms with Crippen LogP contribution < -0.4 is 16.0 Å². The minimum absolute atomic E-state index is 0.0229. The summed E-state index contributed by atoms with van der Waals surface area (Å²) in [7, 11) is 1.54. The molecule has 7 nitrogen and oxygen atoms in total. The van der Waals surface area contributed by atoms with E-state index in [1.807, 2.05) is 17.4 Å². The van der Waals surface area contributed by atoms with Crippen LogP contribution in [0.4, 0.5) is 42.5 Å². The Hall–Kier alpha value is -4.55. The van der Waals surface area contributed by atoms with Crippen LogP contribution in [0.2, 0.25) is 0 Å². The Morgan fingerprint density at radius 1 is 0.789 bits per heavy atom. The summed E-state index contributed by atoms with van der Waals surface area (Å²) in [5.41, 5.74) is -0.644. The minimum Gasteiger partial charge on any atom is -0.359 e. The maximum atomic E-state index is 13.0. The van der Waals surface area contributed by atoms with Crippen molar-refractivity contribution >= 4 is 34.2 Å². The lowest BCUT2D eigenvalue weighted by molar-refractivity contribution is -0.143. The van der Waals surface area contributed by atoms with Crippen LogP contribution in [0.5, 0.6) is 0 Å². The zero-order valence-corrected chi connectivity index (χ0v) is 19.5. The average Bonchev–Trinajstić information content (AvgIpc) is 3.25. The van der Waals surface area contributed by atoms with Gasteiger partial charge in [0.05, 0.1) is 28.8 Å². The number of carbonyl (C=O) groups excluding carboxylic acids is 2. The Bertz CT molecular complexity index is 1460. The molecule has 4 N–H and O–H groups in total. The summed E-state index contributed by atoms with van der Waals surface area (Å²) in [5, 5.41) is 14.8. The Morgan fingerprint density at radius 2 is 1.37 bits per heavy atom. The monoisotopic (exact) mass is 535 g/mol. The molecule has 0 saturated heterocycles. The summed E-state index contributed by atoms with van der Waals surface area (Å²) in [4.78, 5) is 23.9. The van der Waals surface area contributed by atoms with Crippen molar-refractivity contribution in [2.75, 3.05) is 17.7 Å². The van der Waals surface area contributed by atoms with Crippen LogP contribution >= 0.6 is 0 Å². The molecule has 0 aliphatic carbocycles. The van der Waals surface area contributed by atoms with Gasteiger partial charge in [-0.1, -0.05) is 24.3 Å². The van der Waals surface area contributed by atoms with E-state index in [1.165, 1.54) is 19.2 Å². The average molecular weight is 535 g/mol. The minimum atomic E-state index is -5.03. The van der Waals surface area contributed by atoms with Crippen molar-refractivity contribution in [1.29, 1.82) is 0 Å². The van der Waals surface area contributed by atoms with Gasteiger partial charge in [0.15, 0.2) is 0 Å². The zero-order chi connectivity index (χ0) is 27.7. The first-order valence-electron chi connectivity index (χ1n) is 11.0. The summed E-state index contributed by atoms with van der Waals surface area (Å²) in [6.07, 6.45) is -9.92. The van der Waals surface area contributed by atoms with E-state index < -0.39 is 35.2 Å².